The summed E-state index contributed by atoms with van der Waals surface area (Å²) >= 11 is 6.57. The summed E-state index contributed by atoms with van der Waals surface area (Å²) in [5.74, 6) is 1.31. The molecule has 0 N–H and O–H groups in total. The van der Waals surface area contributed by atoms with Gasteiger partial charge in [0.05, 0.1) is 17.7 Å². The molecular weight excluding hydrogens is 473 g/mol. The maximum absolute atomic E-state index is 13.2. The normalized spacial score (nSPS) is 14.6. The molecule has 0 aliphatic carbocycles. The molecule has 3 aromatic rings. The fourth-order valence-electron chi connectivity index (χ4n) is 3.35. The van der Waals surface area contributed by atoms with Gasteiger partial charge in [-0.05, 0) is 66.6 Å². The van der Waals surface area contributed by atoms with E-state index >= 15 is 0 Å². The lowest BCUT2D eigenvalue weighted by Crippen LogP contribution is -2.27. The van der Waals surface area contributed by atoms with Crippen LogP contribution >= 0.6 is 24.0 Å². The van der Waals surface area contributed by atoms with E-state index in [9.17, 15) is 9.18 Å². The van der Waals surface area contributed by atoms with E-state index in [0.717, 1.165) is 16.9 Å². The summed E-state index contributed by atoms with van der Waals surface area (Å²) in [6.07, 6.45) is 1.75. The van der Waals surface area contributed by atoms with Crippen LogP contribution in [0.15, 0.2) is 71.6 Å². The highest BCUT2D eigenvalue weighted by Crippen LogP contribution is 2.37. The number of rotatable bonds is 8. The van der Waals surface area contributed by atoms with Crippen LogP contribution in [-0.2, 0) is 4.79 Å². The van der Waals surface area contributed by atoms with Gasteiger partial charge in [0.25, 0.3) is 5.91 Å². The topological polar surface area (TPSA) is 48.0 Å². The van der Waals surface area contributed by atoms with Gasteiger partial charge in [-0.25, -0.2) is 4.39 Å². The Hall–Kier alpha value is -3.36. The van der Waals surface area contributed by atoms with Gasteiger partial charge in [0, 0.05) is 0 Å². The van der Waals surface area contributed by atoms with Crippen LogP contribution in [0.5, 0.6) is 17.2 Å². The third-order valence-corrected chi connectivity index (χ3v) is 6.36. The van der Waals surface area contributed by atoms with E-state index in [1.807, 2.05) is 37.3 Å². The standard InChI is InChI=1S/C26H22FNO4S2/c1-17-5-3-4-6-21(17)31-13-14-32-22-12-7-18(15-23(22)30-2)16-24-25(29)28(26(33)34-24)20-10-8-19(27)9-11-20/h3-12,15-16H,13-14H2,1-2H3. The summed E-state index contributed by atoms with van der Waals surface area (Å²) in [5, 5.41) is 0. The molecule has 0 spiro atoms. The van der Waals surface area contributed by atoms with E-state index in [-0.39, 0.29) is 11.7 Å². The summed E-state index contributed by atoms with van der Waals surface area (Å²) in [6, 6.07) is 18.9. The first kappa shape index (κ1) is 23.8. The van der Waals surface area contributed by atoms with E-state index in [1.165, 1.54) is 40.9 Å². The van der Waals surface area contributed by atoms with Gasteiger partial charge in [0.2, 0.25) is 0 Å². The minimum Gasteiger partial charge on any atom is -0.493 e. The van der Waals surface area contributed by atoms with E-state index in [1.54, 1.807) is 25.3 Å². The van der Waals surface area contributed by atoms with E-state index < -0.39 is 0 Å². The lowest BCUT2D eigenvalue weighted by Gasteiger charge is -2.14. The number of carbonyl (C=O) groups is 1. The average Bonchev–Trinajstić information content (AvgIpc) is 3.11. The van der Waals surface area contributed by atoms with Gasteiger partial charge in [0.15, 0.2) is 15.8 Å². The minimum absolute atomic E-state index is 0.255. The zero-order valence-corrected chi connectivity index (χ0v) is 20.3. The highest BCUT2D eigenvalue weighted by molar-refractivity contribution is 8.27. The number of para-hydroxylation sites is 1. The molecule has 1 heterocycles. The predicted molar refractivity (Wildman–Crippen MR) is 137 cm³/mol. The van der Waals surface area contributed by atoms with Crippen LogP contribution < -0.4 is 19.1 Å². The number of nitrogens with zero attached hydrogens (tertiary/aromatic N) is 1. The number of anilines is 1. The Balaban J connectivity index is 1.42. The number of thioether (sulfide) groups is 1. The molecule has 4 rings (SSSR count). The molecule has 0 radical (unpaired) electrons. The van der Waals surface area contributed by atoms with Crippen molar-refractivity contribution in [3.8, 4) is 17.2 Å². The van der Waals surface area contributed by atoms with Gasteiger partial charge in [-0.3, -0.25) is 9.69 Å². The molecule has 3 aromatic carbocycles. The van der Waals surface area contributed by atoms with E-state index in [2.05, 4.69) is 0 Å². The molecule has 34 heavy (non-hydrogen) atoms. The van der Waals surface area contributed by atoms with Crippen LogP contribution in [-0.4, -0.2) is 30.6 Å². The Morgan fingerprint density at radius 2 is 1.68 bits per heavy atom. The van der Waals surface area contributed by atoms with Gasteiger partial charge in [-0.1, -0.05) is 48.2 Å². The lowest BCUT2D eigenvalue weighted by molar-refractivity contribution is -0.113. The summed E-state index contributed by atoms with van der Waals surface area (Å²) in [4.78, 5) is 14.8. The van der Waals surface area contributed by atoms with E-state index in [4.69, 9.17) is 26.4 Å². The number of benzene rings is 3. The van der Waals surface area contributed by atoms with Gasteiger partial charge in [0.1, 0.15) is 24.8 Å². The summed E-state index contributed by atoms with van der Waals surface area (Å²) in [5.41, 5.74) is 2.36. The zero-order valence-electron chi connectivity index (χ0n) is 18.6. The van der Waals surface area contributed by atoms with Crippen LogP contribution in [0.4, 0.5) is 10.1 Å². The van der Waals surface area contributed by atoms with Crippen molar-refractivity contribution in [3.05, 3.63) is 88.6 Å². The number of halogens is 1. The van der Waals surface area contributed by atoms with Crippen molar-refractivity contribution < 1.29 is 23.4 Å². The van der Waals surface area contributed by atoms with Gasteiger partial charge in [-0.2, -0.15) is 0 Å². The highest BCUT2D eigenvalue weighted by Gasteiger charge is 2.33. The number of amides is 1. The number of aryl methyl sites for hydroxylation is 1. The summed E-state index contributed by atoms with van der Waals surface area (Å²) < 4.78 is 30.7. The molecule has 8 heteroatoms. The van der Waals surface area contributed by atoms with Crippen molar-refractivity contribution in [1.82, 2.24) is 0 Å². The van der Waals surface area contributed by atoms with Gasteiger partial charge < -0.3 is 14.2 Å². The first-order valence-corrected chi connectivity index (χ1v) is 11.7. The smallest absolute Gasteiger partial charge is 0.270 e. The van der Waals surface area contributed by atoms with Crippen molar-refractivity contribution in [3.63, 3.8) is 0 Å². The van der Waals surface area contributed by atoms with Crippen molar-refractivity contribution in [1.29, 1.82) is 0 Å². The molecule has 0 atom stereocenters. The molecule has 1 aliphatic heterocycles. The number of carbonyl (C=O) groups excluding carboxylic acids is 1. The monoisotopic (exact) mass is 495 g/mol. The first-order valence-electron chi connectivity index (χ1n) is 10.5. The molecule has 5 nitrogen and oxygen atoms in total. The van der Waals surface area contributed by atoms with Crippen molar-refractivity contribution in [2.75, 3.05) is 25.2 Å². The molecule has 0 aromatic heterocycles. The number of hydrogen-bond acceptors (Lipinski definition) is 6. The molecule has 1 saturated heterocycles. The summed E-state index contributed by atoms with van der Waals surface area (Å²) in [6.45, 7) is 2.73. The number of ether oxygens (including phenoxy) is 3. The lowest BCUT2D eigenvalue weighted by atomic mass is 10.2. The summed E-state index contributed by atoms with van der Waals surface area (Å²) in [7, 11) is 1.56. The molecule has 1 amide bonds. The Morgan fingerprint density at radius 1 is 0.971 bits per heavy atom. The Labute approximate surface area is 207 Å². The van der Waals surface area contributed by atoms with Crippen molar-refractivity contribution >= 4 is 46.0 Å². The van der Waals surface area contributed by atoms with Crippen LogP contribution in [0.2, 0.25) is 0 Å². The van der Waals surface area contributed by atoms with Crippen LogP contribution in [0.1, 0.15) is 11.1 Å². The van der Waals surface area contributed by atoms with Gasteiger partial charge in [-0.15, -0.1) is 0 Å². The first-order chi connectivity index (χ1) is 16.5. The number of thiocarbonyl (C=S) groups is 1. The Bertz CT molecular complexity index is 1240. The molecule has 1 fully saturated rings. The van der Waals surface area contributed by atoms with Crippen molar-refractivity contribution in [2.45, 2.75) is 6.92 Å². The zero-order chi connectivity index (χ0) is 24.1. The molecule has 1 aliphatic rings. The fraction of sp³-hybridized carbons (Fsp3) is 0.154. The molecule has 174 valence electrons. The van der Waals surface area contributed by atoms with E-state index in [0.29, 0.717) is 39.6 Å². The third kappa shape index (κ3) is 5.40. The fourth-order valence-corrected chi connectivity index (χ4v) is 4.65. The Morgan fingerprint density at radius 3 is 2.38 bits per heavy atom. The molecule has 0 bridgehead atoms. The maximum Gasteiger partial charge on any atom is 0.270 e. The minimum atomic E-state index is -0.374. The third-order valence-electron chi connectivity index (χ3n) is 5.06. The maximum atomic E-state index is 13.2. The quantitative estimate of drug-likeness (QED) is 0.217. The molecule has 0 unspecified atom stereocenters. The molecule has 0 saturated carbocycles. The van der Waals surface area contributed by atoms with Crippen LogP contribution in [0.3, 0.4) is 0 Å². The molecular formula is C26H22FNO4S2. The van der Waals surface area contributed by atoms with Crippen LogP contribution in [0.25, 0.3) is 6.08 Å². The second-order valence-corrected chi connectivity index (χ2v) is 9.04. The second-order valence-electron chi connectivity index (χ2n) is 7.37. The largest absolute Gasteiger partial charge is 0.493 e. The second kappa shape index (κ2) is 10.7. The number of methoxy groups -OCH3 is 1. The predicted octanol–water partition coefficient (Wildman–Crippen LogP) is 6.01. The van der Waals surface area contributed by atoms with Crippen LogP contribution in [0, 0.1) is 12.7 Å². The van der Waals surface area contributed by atoms with Gasteiger partial charge >= 0.3 is 0 Å². The average molecular weight is 496 g/mol. The highest BCUT2D eigenvalue weighted by atomic mass is 32.2. The number of hydrogen-bond donors (Lipinski definition) is 0. The Kier molecular flexibility index (Phi) is 7.49. The van der Waals surface area contributed by atoms with Crippen molar-refractivity contribution in [2.24, 2.45) is 0 Å². The SMILES string of the molecule is COc1cc(C=C2SC(=S)N(c3ccc(F)cc3)C2=O)ccc1OCCOc1ccccc1C.